The molecule has 0 aromatic heterocycles. The number of benzene rings is 1. The van der Waals surface area contributed by atoms with Crippen LogP contribution in [0.3, 0.4) is 0 Å². The molecule has 0 spiro atoms. The highest BCUT2D eigenvalue weighted by molar-refractivity contribution is 9.87. The molecule has 0 aliphatic carbocycles. The van der Waals surface area contributed by atoms with Crippen molar-refractivity contribution in [2.45, 2.75) is 4.90 Å². The first-order valence-electron chi connectivity index (χ1n) is 2.47. The quantitative estimate of drug-likeness (QED) is 0.739. The van der Waals surface area contributed by atoms with Gasteiger partial charge in [-0.2, -0.15) is 0 Å². The van der Waals surface area contributed by atoms with Gasteiger partial charge in [0.2, 0.25) is 0 Å². The van der Waals surface area contributed by atoms with Gasteiger partial charge in [0.1, 0.15) is 0 Å². The van der Waals surface area contributed by atoms with E-state index in [9.17, 15) is 0 Å². The zero-order chi connectivity index (χ0) is 6.69. The van der Waals surface area contributed by atoms with Crippen molar-refractivity contribution >= 4 is 37.4 Å². The first kappa shape index (κ1) is 7.63. The van der Waals surface area contributed by atoms with Gasteiger partial charge < -0.3 is 0 Å². The summed E-state index contributed by atoms with van der Waals surface area (Å²) in [5.41, 5.74) is 0. The van der Waals surface area contributed by atoms with Gasteiger partial charge in [-0.15, -0.1) is 7.76 Å². The van der Waals surface area contributed by atoms with Crippen molar-refractivity contribution in [3.63, 3.8) is 0 Å². The van der Waals surface area contributed by atoms with Gasteiger partial charge in [-0.25, -0.2) is 0 Å². The minimum absolute atomic E-state index is 0.271. The first-order chi connectivity index (χ1) is 4.30. The van der Waals surface area contributed by atoms with Crippen molar-refractivity contribution in [2.24, 2.45) is 0 Å². The van der Waals surface area contributed by atoms with E-state index in [-0.39, 0.29) is 7.76 Å². The van der Waals surface area contributed by atoms with Crippen molar-refractivity contribution < 1.29 is 0 Å². The SMILES string of the molecule is Br[SH](Br)c1ccccc1. The number of halogens is 2. The molecule has 1 rings (SSSR count). The lowest BCUT2D eigenvalue weighted by Crippen LogP contribution is -1.64. The van der Waals surface area contributed by atoms with Crippen LogP contribution < -0.4 is 0 Å². The van der Waals surface area contributed by atoms with Crippen LogP contribution in [-0.4, -0.2) is 0 Å². The van der Waals surface area contributed by atoms with E-state index in [0.29, 0.717) is 0 Å². The summed E-state index contributed by atoms with van der Waals surface area (Å²) in [6.07, 6.45) is 0. The van der Waals surface area contributed by atoms with E-state index in [1.807, 2.05) is 18.2 Å². The average Bonchev–Trinajstić information content (AvgIpc) is 1.90. The van der Waals surface area contributed by atoms with Crippen molar-refractivity contribution in [1.29, 1.82) is 0 Å². The van der Waals surface area contributed by atoms with Crippen molar-refractivity contribution in [2.75, 3.05) is 0 Å². The van der Waals surface area contributed by atoms with E-state index in [1.165, 1.54) is 4.90 Å². The Kier molecular flexibility index (Phi) is 3.09. The lowest BCUT2D eigenvalue weighted by molar-refractivity contribution is 1.48. The molecule has 0 aliphatic rings. The lowest BCUT2D eigenvalue weighted by Gasteiger charge is -2.02. The van der Waals surface area contributed by atoms with Crippen LogP contribution in [0.15, 0.2) is 35.2 Å². The molecular weight excluding hydrogens is 264 g/mol. The fourth-order valence-corrected chi connectivity index (χ4v) is 2.36. The number of rotatable bonds is 1. The normalized spacial score (nSPS) is 11.1. The van der Waals surface area contributed by atoms with Gasteiger partial charge >= 0.3 is 0 Å². The molecule has 0 radical (unpaired) electrons. The highest BCUT2D eigenvalue weighted by Crippen LogP contribution is 2.49. The van der Waals surface area contributed by atoms with Crippen LogP contribution in [-0.2, 0) is 0 Å². The van der Waals surface area contributed by atoms with E-state index in [2.05, 4.69) is 41.8 Å². The summed E-state index contributed by atoms with van der Waals surface area (Å²) >= 11 is 6.93. The van der Waals surface area contributed by atoms with Crippen LogP contribution in [0, 0.1) is 0 Å². The smallest absolute Gasteiger partial charge is 0.00633 e. The summed E-state index contributed by atoms with van der Waals surface area (Å²) in [5.74, 6) is 0. The van der Waals surface area contributed by atoms with E-state index in [1.54, 1.807) is 0 Å². The van der Waals surface area contributed by atoms with Gasteiger partial charge in [0, 0.05) is 4.90 Å². The molecule has 0 fully saturated rings. The highest BCUT2D eigenvalue weighted by atomic mass is 79.9. The van der Waals surface area contributed by atoms with Crippen LogP contribution in [0.25, 0.3) is 0 Å². The highest BCUT2D eigenvalue weighted by Gasteiger charge is 1.93. The van der Waals surface area contributed by atoms with Gasteiger partial charge in [-0.3, -0.25) is 0 Å². The lowest BCUT2D eigenvalue weighted by atomic mass is 10.4. The maximum atomic E-state index is 3.46. The fourth-order valence-electron chi connectivity index (χ4n) is 0.541. The molecule has 9 heavy (non-hydrogen) atoms. The van der Waals surface area contributed by atoms with Gasteiger partial charge in [-0.05, 0) is 41.8 Å². The predicted molar refractivity (Wildman–Crippen MR) is 51.5 cm³/mol. The maximum absolute atomic E-state index is 3.46. The second-order valence-electron chi connectivity index (χ2n) is 1.57. The molecule has 0 N–H and O–H groups in total. The molecule has 1 aromatic carbocycles. The predicted octanol–water partition coefficient (Wildman–Crippen LogP) is 3.67. The Morgan fingerprint density at radius 3 is 1.89 bits per heavy atom. The molecule has 1 aromatic rings. The Morgan fingerprint density at radius 1 is 1.00 bits per heavy atom. The summed E-state index contributed by atoms with van der Waals surface area (Å²) in [6.45, 7) is 0. The second kappa shape index (κ2) is 3.64. The molecule has 0 bridgehead atoms. The minimum Gasteiger partial charge on any atom is -0.109 e. The topological polar surface area (TPSA) is 0 Å². The molecule has 0 unspecified atom stereocenters. The molecule has 0 aliphatic heterocycles. The van der Waals surface area contributed by atoms with Crippen molar-refractivity contribution in [3.05, 3.63) is 30.3 Å². The van der Waals surface area contributed by atoms with Crippen molar-refractivity contribution in [3.8, 4) is 0 Å². The Hall–Kier alpha value is 0.530. The molecule has 0 saturated carbocycles. The summed E-state index contributed by atoms with van der Waals surface area (Å²) in [7, 11) is -0.271. The second-order valence-corrected chi connectivity index (χ2v) is 9.66. The van der Waals surface area contributed by atoms with Crippen LogP contribution in [0.2, 0.25) is 0 Å². The molecule has 0 nitrogen and oxygen atoms in total. The summed E-state index contributed by atoms with van der Waals surface area (Å²) < 4.78 is 0. The summed E-state index contributed by atoms with van der Waals surface area (Å²) in [6, 6.07) is 10.3. The van der Waals surface area contributed by atoms with Crippen LogP contribution in [0.5, 0.6) is 0 Å². The summed E-state index contributed by atoms with van der Waals surface area (Å²) in [5, 5.41) is 0. The summed E-state index contributed by atoms with van der Waals surface area (Å²) in [4.78, 5) is 1.31. The van der Waals surface area contributed by atoms with E-state index in [4.69, 9.17) is 0 Å². The average molecular weight is 270 g/mol. The zero-order valence-corrected chi connectivity index (χ0v) is 8.66. The monoisotopic (exact) mass is 268 g/mol. The molecular formula is C6H6Br2S. The molecule has 0 amide bonds. The largest absolute Gasteiger partial charge is 0.109 e. The number of hydrogen-bond donors (Lipinski definition) is 1. The van der Waals surface area contributed by atoms with Gasteiger partial charge in [0.15, 0.2) is 0 Å². The number of thiol groups is 1. The minimum atomic E-state index is -0.271. The third-order valence-electron chi connectivity index (χ3n) is 0.951. The molecule has 3 heteroatoms. The van der Waals surface area contributed by atoms with Crippen LogP contribution in [0.4, 0.5) is 0 Å². The zero-order valence-electron chi connectivity index (χ0n) is 4.59. The van der Waals surface area contributed by atoms with E-state index >= 15 is 0 Å². The fraction of sp³-hybridized carbons (Fsp3) is 0. The molecule has 0 heterocycles. The third kappa shape index (κ3) is 2.32. The maximum Gasteiger partial charge on any atom is 0.00633 e. The molecule has 50 valence electrons. The van der Waals surface area contributed by atoms with Crippen molar-refractivity contribution in [1.82, 2.24) is 0 Å². The van der Waals surface area contributed by atoms with E-state index < -0.39 is 0 Å². The Labute approximate surface area is 72.4 Å². The van der Waals surface area contributed by atoms with Crippen LogP contribution >= 0.6 is 37.4 Å². The Balaban J connectivity index is 2.85. The Morgan fingerprint density at radius 2 is 1.56 bits per heavy atom. The Bertz CT molecular complexity index is 174. The number of hydrogen-bond acceptors (Lipinski definition) is 0. The standard InChI is InChI=1S/C6H6Br2S/c7-9(8)6-4-2-1-3-5-6/h1-5,9H. The molecule has 0 saturated heterocycles. The van der Waals surface area contributed by atoms with Gasteiger partial charge in [-0.1, -0.05) is 18.2 Å². The molecule has 0 atom stereocenters. The van der Waals surface area contributed by atoms with Gasteiger partial charge in [0.05, 0.1) is 0 Å². The third-order valence-corrected chi connectivity index (χ3v) is 4.10. The van der Waals surface area contributed by atoms with Gasteiger partial charge in [0.25, 0.3) is 0 Å². The van der Waals surface area contributed by atoms with Crippen LogP contribution in [0.1, 0.15) is 0 Å². The van der Waals surface area contributed by atoms with E-state index in [0.717, 1.165) is 0 Å². The first-order valence-corrected chi connectivity index (χ1v) is 7.85.